The van der Waals surface area contributed by atoms with Crippen LogP contribution in [-0.2, 0) is 0 Å². The topological polar surface area (TPSA) is 78.1 Å². The lowest BCUT2D eigenvalue weighted by Gasteiger charge is -1.64. The monoisotopic (exact) mass is 125 g/mol. The van der Waals surface area contributed by atoms with E-state index in [9.17, 15) is 0 Å². The SMILES string of the molecule is NC(=S)S.NN. The molecule has 0 saturated heterocycles. The van der Waals surface area contributed by atoms with Gasteiger partial charge in [-0.3, -0.25) is 11.7 Å². The van der Waals surface area contributed by atoms with E-state index in [1.807, 2.05) is 0 Å². The van der Waals surface area contributed by atoms with E-state index in [1.54, 1.807) is 0 Å². The Labute approximate surface area is 47.2 Å². The Balaban J connectivity index is 0. The molecule has 5 heteroatoms. The van der Waals surface area contributed by atoms with Crippen molar-refractivity contribution < 1.29 is 0 Å². The highest BCUT2D eigenvalue weighted by molar-refractivity contribution is 8.10. The van der Waals surface area contributed by atoms with Crippen molar-refractivity contribution >= 4 is 29.2 Å². The van der Waals surface area contributed by atoms with Gasteiger partial charge in [0.25, 0.3) is 0 Å². The fourth-order valence-corrected chi connectivity index (χ4v) is 0. The molecule has 0 amide bonds. The van der Waals surface area contributed by atoms with Gasteiger partial charge in [0, 0.05) is 0 Å². The third-order valence-electron chi connectivity index (χ3n) is 0. The zero-order valence-electron chi connectivity index (χ0n) is 3.09. The standard InChI is InChI=1S/CH3NS2.H4N2/c2-1(3)4;1-2/h(H3,2,3,4);1-2H2. The lowest BCUT2D eigenvalue weighted by molar-refractivity contribution is 1.26. The lowest BCUT2D eigenvalue weighted by Crippen LogP contribution is -2.02. The highest BCUT2D eigenvalue weighted by Crippen LogP contribution is 1.63. The molecule has 0 aliphatic carbocycles. The summed E-state index contributed by atoms with van der Waals surface area (Å²) in [4.78, 5) is 0. The molecule has 0 saturated carbocycles. The van der Waals surface area contributed by atoms with Gasteiger partial charge in [-0.15, -0.1) is 12.6 Å². The van der Waals surface area contributed by atoms with E-state index in [0.29, 0.717) is 0 Å². The number of rotatable bonds is 0. The normalized spacial score (nSPS) is 5.17. The van der Waals surface area contributed by atoms with Gasteiger partial charge in [-0.25, -0.2) is 0 Å². The summed E-state index contributed by atoms with van der Waals surface area (Å²) in [5.74, 6) is 8.00. The molecule has 0 radical (unpaired) electrons. The zero-order valence-corrected chi connectivity index (χ0v) is 4.80. The van der Waals surface area contributed by atoms with Crippen molar-refractivity contribution in [3.63, 3.8) is 0 Å². The zero-order chi connectivity index (χ0) is 5.58. The molecular formula is CH7N3S2. The summed E-state index contributed by atoms with van der Waals surface area (Å²) in [7, 11) is 0. The Morgan fingerprint density at radius 3 is 1.50 bits per heavy atom. The van der Waals surface area contributed by atoms with Crippen LogP contribution in [0.15, 0.2) is 0 Å². The molecule has 0 bridgehead atoms. The second-order valence-electron chi connectivity index (χ2n) is 0.338. The van der Waals surface area contributed by atoms with Gasteiger partial charge in [0.05, 0.1) is 0 Å². The number of hydrogen-bond acceptors (Lipinski definition) is 3. The first-order valence-corrected chi connectivity index (χ1v) is 1.91. The summed E-state index contributed by atoms with van der Waals surface area (Å²) in [6.07, 6.45) is 0. The van der Waals surface area contributed by atoms with Gasteiger partial charge < -0.3 is 5.73 Å². The van der Waals surface area contributed by atoms with Crippen LogP contribution in [0, 0.1) is 0 Å². The van der Waals surface area contributed by atoms with E-state index in [1.165, 1.54) is 0 Å². The van der Waals surface area contributed by atoms with Crippen molar-refractivity contribution in [3.05, 3.63) is 0 Å². The molecule has 6 N–H and O–H groups in total. The number of thiocarbonyl (C=S) groups is 1. The molecule has 0 heterocycles. The Morgan fingerprint density at radius 1 is 1.50 bits per heavy atom. The predicted molar refractivity (Wildman–Crippen MR) is 34.1 cm³/mol. The molecule has 3 nitrogen and oxygen atoms in total. The van der Waals surface area contributed by atoms with Crippen molar-refractivity contribution in [1.82, 2.24) is 0 Å². The smallest absolute Gasteiger partial charge is 0.128 e. The molecule has 6 heavy (non-hydrogen) atoms. The highest BCUT2D eigenvalue weighted by Gasteiger charge is 1.55. The molecular weight excluding hydrogens is 118 g/mol. The maximum Gasteiger partial charge on any atom is 0.128 e. The van der Waals surface area contributed by atoms with Crippen LogP contribution < -0.4 is 17.4 Å². The highest BCUT2D eigenvalue weighted by atomic mass is 32.1. The first-order valence-electron chi connectivity index (χ1n) is 1.05. The van der Waals surface area contributed by atoms with Crippen LogP contribution in [0.1, 0.15) is 0 Å². The summed E-state index contributed by atoms with van der Waals surface area (Å²) in [5.41, 5.74) is 4.71. The van der Waals surface area contributed by atoms with E-state index in [-0.39, 0.29) is 4.32 Å². The van der Waals surface area contributed by atoms with Crippen LogP contribution in [-0.4, -0.2) is 4.32 Å². The second kappa shape index (κ2) is 8.94. The van der Waals surface area contributed by atoms with E-state index >= 15 is 0 Å². The quantitative estimate of drug-likeness (QED) is 0.145. The van der Waals surface area contributed by atoms with Crippen LogP contribution in [0.25, 0.3) is 0 Å². The Kier molecular flexibility index (Phi) is 14.1. The van der Waals surface area contributed by atoms with E-state index < -0.39 is 0 Å². The first-order chi connectivity index (χ1) is 2.73. The molecule has 0 rings (SSSR count). The number of thiol groups is 1. The second-order valence-corrected chi connectivity index (χ2v) is 1.56. The minimum Gasteiger partial charge on any atom is -0.385 e. The molecule has 0 aromatic carbocycles. The largest absolute Gasteiger partial charge is 0.385 e. The summed E-state index contributed by atoms with van der Waals surface area (Å²) in [5, 5.41) is 0. The van der Waals surface area contributed by atoms with Gasteiger partial charge in [0.2, 0.25) is 0 Å². The van der Waals surface area contributed by atoms with Crippen molar-refractivity contribution in [3.8, 4) is 0 Å². The van der Waals surface area contributed by atoms with Crippen molar-refractivity contribution in [2.24, 2.45) is 17.4 Å². The Bertz CT molecular complexity index is 31.8. The van der Waals surface area contributed by atoms with Gasteiger partial charge in [-0.1, -0.05) is 12.2 Å². The lowest BCUT2D eigenvalue weighted by atomic mass is 11.5. The average Bonchev–Trinajstić information content (AvgIpc) is 1.41. The van der Waals surface area contributed by atoms with Crippen LogP contribution in [0.2, 0.25) is 0 Å². The van der Waals surface area contributed by atoms with Gasteiger partial charge in [-0.05, 0) is 0 Å². The van der Waals surface area contributed by atoms with E-state index in [0.717, 1.165) is 0 Å². The fourth-order valence-electron chi connectivity index (χ4n) is 0. The van der Waals surface area contributed by atoms with Crippen molar-refractivity contribution in [1.29, 1.82) is 0 Å². The van der Waals surface area contributed by atoms with Crippen molar-refractivity contribution in [2.45, 2.75) is 0 Å². The molecule has 0 aliphatic heterocycles. The molecule has 0 aromatic rings. The molecule has 0 aromatic heterocycles. The minimum atomic E-state index is 0.194. The van der Waals surface area contributed by atoms with Crippen molar-refractivity contribution in [2.75, 3.05) is 0 Å². The number of hydrogen-bond donors (Lipinski definition) is 4. The van der Waals surface area contributed by atoms with E-state index in [2.05, 4.69) is 36.5 Å². The maximum absolute atomic E-state index is 4.71. The third-order valence-corrected chi connectivity index (χ3v) is 0. The van der Waals surface area contributed by atoms with Gasteiger partial charge in [0.15, 0.2) is 0 Å². The van der Waals surface area contributed by atoms with Gasteiger partial charge >= 0.3 is 0 Å². The van der Waals surface area contributed by atoms with Crippen LogP contribution in [0.4, 0.5) is 0 Å². The van der Waals surface area contributed by atoms with Gasteiger partial charge in [-0.2, -0.15) is 0 Å². The summed E-state index contributed by atoms with van der Waals surface area (Å²) < 4.78 is 0.194. The molecule has 0 aliphatic rings. The maximum atomic E-state index is 4.71. The Hall–Kier alpha value is 0.160. The molecule has 0 unspecified atom stereocenters. The van der Waals surface area contributed by atoms with Gasteiger partial charge in [0.1, 0.15) is 4.32 Å². The Morgan fingerprint density at radius 2 is 1.50 bits per heavy atom. The molecule has 0 atom stereocenters. The number of hydrazine groups is 1. The molecule has 38 valence electrons. The van der Waals surface area contributed by atoms with E-state index in [4.69, 9.17) is 5.73 Å². The first kappa shape index (κ1) is 9.48. The summed E-state index contributed by atoms with van der Waals surface area (Å²) in [6.45, 7) is 0. The average molecular weight is 125 g/mol. The number of nitrogens with two attached hydrogens (primary N) is 3. The minimum absolute atomic E-state index is 0.194. The third kappa shape index (κ3) is 1620. The molecule has 0 spiro atoms. The van der Waals surface area contributed by atoms with Crippen LogP contribution >= 0.6 is 24.8 Å². The predicted octanol–water partition coefficient (Wildman–Crippen LogP) is -1.02. The fraction of sp³-hybridized carbons (Fsp3) is 0. The molecule has 0 fully saturated rings. The van der Waals surface area contributed by atoms with Crippen LogP contribution in [0.5, 0.6) is 0 Å². The summed E-state index contributed by atoms with van der Waals surface area (Å²) in [6, 6.07) is 0. The summed E-state index contributed by atoms with van der Waals surface area (Å²) >= 11 is 7.65. The van der Waals surface area contributed by atoms with Crippen LogP contribution in [0.3, 0.4) is 0 Å².